The number of alkyl halides is 2. The van der Waals surface area contributed by atoms with Crippen LogP contribution in [0, 0.1) is 5.82 Å². The summed E-state index contributed by atoms with van der Waals surface area (Å²) in [6.07, 6.45) is -0.908. The van der Waals surface area contributed by atoms with Gasteiger partial charge in [0.2, 0.25) is 0 Å². The molecule has 0 radical (unpaired) electrons. The molecule has 0 bridgehead atoms. The molecule has 188 valence electrons. The molecule has 0 aromatic heterocycles. The van der Waals surface area contributed by atoms with Crippen molar-refractivity contribution in [3.05, 3.63) is 93.2 Å². The minimum atomic E-state index is -3.74. The highest BCUT2D eigenvalue weighted by atomic mass is 35.5. The van der Waals surface area contributed by atoms with Crippen LogP contribution in [0.15, 0.2) is 60.7 Å². The van der Waals surface area contributed by atoms with E-state index in [2.05, 4.69) is 5.32 Å². The molecule has 2 amide bonds. The van der Waals surface area contributed by atoms with Gasteiger partial charge in [-0.2, -0.15) is 0 Å². The van der Waals surface area contributed by atoms with E-state index in [4.69, 9.17) is 23.2 Å². The number of rotatable bonds is 4. The highest BCUT2D eigenvalue weighted by Gasteiger charge is 2.56. The van der Waals surface area contributed by atoms with Crippen LogP contribution in [0.1, 0.15) is 32.7 Å². The van der Waals surface area contributed by atoms with Gasteiger partial charge in [0.15, 0.2) is 5.60 Å². The van der Waals surface area contributed by atoms with E-state index in [9.17, 15) is 33.0 Å². The third kappa shape index (κ3) is 4.67. The summed E-state index contributed by atoms with van der Waals surface area (Å²) < 4.78 is 43.0. The predicted octanol–water partition coefficient (Wildman–Crippen LogP) is 5.25. The number of benzene rings is 3. The largest absolute Gasteiger partial charge is 0.393 e. The summed E-state index contributed by atoms with van der Waals surface area (Å²) in [5.41, 5.74) is -2.84. The Bertz CT molecular complexity index is 1340. The second-order valence-electron chi connectivity index (χ2n) is 8.25. The maximum absolute atomic E-state index is 14.9. The number of nitrogens with one attached hydrogen (secondary N) is 1. The Morgan fingerprint density at radius 2 is 1.72 bits per heavy atom. The Morgan fingerprint density at radius 3 is 2.36 bits per heavy atom. The standard InChI is InChI=1S/C25H19Cl2F3N2O4/c26-15-3-8-21-19(11-15)24(36,13-33)25(29,30)9-10-32(21)23(35)14-1-5-17(6-2-14)31-22(34)18-7-4-16(28)12-20(18)27/h1-8,11-12,33,36H,9-10,13H2,(H,31,34)/t24-/m0/s1. The maximum atomic E-state index is 14.9. The quantitative estimate of drug-likeness (QED) is 0.423. The van der Waals surface area contributed by atoms with Crippen LogP contribution < -0.4 is 10.2 Å². The van der Waals surface area contributed by atoms with Gasteiger partial charge in [-0.25, -0.2) is 13.2 Å². The van der Waals surface area contributed by atoms with Crippen molar-refractivity contribution in [1.82, 2.24) is 0 Å². The van der Waals surface area contributed by atoms with Crippen LogP contribution in [-0.2, 0) is 5.60 Å². The average Bonchev–Trinajstić information content (AvgIpc) is 2.92. The van der Waals surface area contributed by atoms with Gasteiger partial charge in [-0.15, -0.1) is 0 Å². The Balaban J connectivity index is 1.61. The third-order valence-corrected chi connectivity index (χ3v) is 6.54. The Hall–Kier alpha value is -3.11. The van der Waals surface area contributed by atoms with Crippen LogP contribution in [0.2, 0.25) is 10.0 Å². The van der Waals surface area contributed by atoms with Crippen LogP contribution in [0.3, 0.4) is 0 Å². The van der Waals surface area contributed by atoms with E-state index < -0.39 is 48.7 Å². The second-order valence-corrected chi connectivity index (χ2v) is 9.09. The maximum Gasteiger partial charge on any atom is 0.284 e. The van der Waals surface area contributed by atoms with Crippen molar-refractivity contribution in [2.75, 3.05) is 23.4 Å². The molecule has 1 aliphatic rings. The van der Waals surface area contributed by atoms with Crippen molar-refractivity contribution >= 4 is 46.4 Å². The first-order valence-corrected chi connectivity index (χ1v) is 11.4. The van der Waals surface area contributed by atoms with Crippen LogP contribution in [-0.4, -0.2) is 41.1 Å². The number of nitrogens with zero attached hydrogens (tertiary/aromatic N) is 1. The summed E-state index contributed by atoms with van der Waals surface area (Å²) in [5.74, 6) is -5.57. The number of hydrogen-bond donors (Lipinski definition) is 3. The van der Waals surface area contributed by atoms with Gasteiger partial charge in [0.05, 0.1) is 22.9 Å². The molecule has 36 heavy (non-hydrogen) atoms. The number of aliphatic hydroxyl groups excluding tert-OH is 1. The number of carbonyl (C=O) groups excluding carboxylic acids is 2. The molecule has 3 aromatic rings. The molecule has 0 fully saturated rings. The van der Waals surface area contributed by atoms with Gasteiger partial charge >= 0.3 is 0 Å². The molecule has 0 aliphatic carbocycles. The van der Waals surface area contributed by atoms with Crippen LogP contribution in [0.4, 0.5) is 24.5 Å². The summed E-state index contributed by atoms with van der Waals surface area (Å²) in [7, 11) is 0. The minimum absolute atomic E-state index is 0.0125. The smallest absolute Gasteiger partial charge is 0.284 e. The molecule has 3 aromatic carbocycles. The number of halogens is 5. The van der Waals surface area contributed by atoms with E-state index in [1.807, 2.05) is 0 Å². The lowest BCUT2D eigenvalue weighted by Gasteiger charge is -2.33. The minimum Gasteiger partial charge on any atom is -0.393 e. The van der Waals surface area contributed by atoms with E-state index in [1.165, 1.54) is 42.5 Å². The van der Waals surface area contributed by atoms with E-state index in [1.54, 1.807) is 0 Å². The third-order valence-electron chi connectivity index (χ3n) is 5.99. The molecule has 0 saturated carbocycles. The van der Waals surface area contributed by atoms with E-state index in [-0.39, 0.29) is 32.4 Å². The fraction of sp³-hybridized carbons (Fsp3) is 0.200. The summed E-state index contributed by atoms with van der Waals surface area (Å²) in [4.78, 5) is 26.8. The number of hydrogen-bond acceptors (Lipinski definition) is 4. The number of aliphatic hydroxyl groups is 2. The zero-order valence-corrected chi connectivity index (χ0v) is 20.0. The van der Waals surface area contributed by atoms with Gasteiger partial charge in [-0.3, -0.25) is 9.59 Å². The van der Waals surface area contributed by atoms with Crippen molar-refractivity contribution in [3.8, 4) is 0 Å². The van der Waals surface area contributed by atoms with E-state index in [0.29, 0.717) is 5.69 Å². The fourth-order valence-electron chi connectivity index (χ4n) is 3.99. The number of anilines is 2. The lowest BCUT2D eigenvalue weighted by molar-refractivity contribution is -0.205. The van der Waals surface area contributed by atoms with Crippen LogP contribution >= 0.6 is 23.2 Å². The zero-order chi connectivity index (χ0) is 26.3. The van der Waals surface area contributed by atoms with Gasteiger partial charge in [0.25, 0.3) is 17.7 Å². The lowest BCUT2D eigenvalue weighted by Crippen LogP contribution is -2.48. The topological polar surface area (TPSA) is 89.9 Å². The van der Waals surface area contributed by atoms with Crippen LogP contribution in [0.5, 0.6) is 0 Å². The van der Waals surface area contributed by atoms with Crippen molar-refractivity contribution in [2.45, 2.75) is 17.9 Å². The van der Waals surface area contributed by atoms with Crippen molar-refractivity contribution in [3.63, 3.8) is 0 Å². The molecular weight excluding hydrogens is 520 g/mol. The number of amides is 2. The van der Waals surface area contributed by atoms with Crippen molar-refractivity contribution in [1.29, 1.82) is 0 Å². The van der Waals surface area contributed by atoms with Gasteiger partial charge in [-0.05, 0) is 60.7 Å². The van der Waals surface area contributed by atoms with Gasteiger partial charge in [0.1, 0.15) is 5.82 Å². The highest BCUT2D eigenvalue weighted by molar-refractivity contribution is 6.34. The van der Waals surface area contributed by atoms with E-state index >= 15 is 0 Å². The molecule has 0 unspecified atom stereocenters. The van der Waals surface area contributed by atoms with Gasteiger partial charge in [-0.1, -0.05) is 23.2 Å². The molecule has 3 N–H and O–H groups in total. The second kappa shape index (κ2) is 9.74. The SMILES string of the molecule is O=C(Nc1ccc(C(=O)N2CCC(F)(F)[C@](O)(CO)c3cc(Cl)ccc32)cc1)c1ccc(F)cc1Cl. The first-order valence-electron chi connectivity index (χ1n) is 10.7. The molecular formula is C25H19Cl2F3N2O4. The molecule has 1 heterocycles. The normalized spacial score (nSPS) is 18.8. The zero-order valence-electron chi connectivity index (χ0n) is 18.4. The highest BCUT2D eigenvalue weighted by Crippen LogP contribution is 2.47. The molecule has 1 aliphatic heterocycles. The summed E-state index contributed by atoms with van der Waals surface area (Å²) in [6, 6.07) is 12.8. The Labute approximate surface area is 213 Å². The summed E-state index contributed by atoms with van der Waals surface area (Å²) in [6.45, 7) is -1.72. The molecule has 1 atom stereocenters. The molecule has 0 spiro atoms. The van der Waals surface area contributed by atoms with Gasteiger partial charge < -0.3 is 20.4 Å². The van der Waals surface area contributed by atoms with Crippen LogP contribution in [0.25, 0.3) is 0 Å². The molecule has 4 rings (SSSR count). The van der Waals surface area contributed by atoms with Crippen molar-refractivity contribution < 1.29 is 33.0 Å². The molecule has 11 heteroatoms. The molecule has 6 nitrogen and oxygen atoms in total. The first kappa shape index (κ1) is 26.0. The molecule has 0 saturated heterocycles. The first-order chi connectivity index (χ1) is 17.0. The summed E-state index contributed by atoms with van der Waals surface area (Å²) >= 11 is 11.9. The predicted molar refractivity (Wildman–Crippen MR) is 129 cm³/mol. The average molecular weight is 539 g/mol. The number of carbonyl (C=O) groups is 2. The fourth-order valence-corrected chi connectivity index (χ4v) is 4.41. The van der Waals surface area contributed by atoms with Gasteiger partial charge in [0, 0.05) is 34.8 Å². The van der Waals surface area contributed by atoms with Crippen molar-refractivity contribution in [2.24, 2.45) is 0 Å². The Morgan fingerprint density at radius 1 is 1.03 bits per heavy atom. The Kier molecular flexibility index (Phi) is 7.03. The lowest BCUT2D eigenvalue weighted by atomic mass is 9.86. The monoisotopic (exact) mass is 538 g/mol. The van der Waals surface area contributed by atoms with E-state index in [0.717, 1.165) is 23.1 Å². The summed E-state index contributed by atoms with van der Waals surface area (Å²) in [5, 5.41) is 22.9. The number of fused-ring (bicyclic) bond motifs is 1.